The molecule has 7 heteroatoms. The van der Waals surface area contributed by atoms with E-state index in [2.05, 4.69) is 15.5 Å². The molecule has 0 aliphatic carbocycles. The summed E-state index contributed by atoms with van der Waals surface area (Å²) in [6, 6.07) is 3.94. The van der Waals surface area contributed by atoms with Gasteiger partial charge in [-0.15, -0.1) is 11.3 Å². The molecule has 0 radical (unpaired) electrons. The van der Waals surface area contributed by atoms with Crippen molar-refractivity contribution in [3.63, 3.8) is 0 Å². The van der Waals surface area contributed by atoms with Gasteiger partial charge in [-0.2, -0.15) is 4.98 Å². The van der Waals surface area contributed by atoms with Crippen molar-refractivity contribution in [3.8, 4) is 10.7 Å². The van der Waals surface area contributed by atoms with E-state index < -0.39 is 0 Å². The molecule has 2 aromatic rings. The summed E-state index contributed by atoms with van der Waals surface area (Å²) in [4.78, 5) is 16.4. The predicted octanol–water partition coefficient (Wildman–Crippen LogP) is 3.26. The summed E-state index contributed by atoms with van der Waals surface area (Å²) in [7, 11) is 0. The normalized spacial score (nSPS) is 10.5. The van der Waals surface area contributed by atoms with Gasteiger partial charge in [0.2, 0.25) is 11.7 Å². The molecule has 1 N–H and O–H groups in total. The highest BCUT2D eigenvalue weighted by atomic mass is 32.1. The van der Waals surface area contributed by atoms with Crippen molar-refractivity contribution in [1.82, 2.24) is 15.5 Å². The largest absolute Gasteiger partial charge is 0.450 e. The molecule has 0 saturated carbocycles. The van der Waals surface area contributed by atoms with E-state index in [0.717, 1.165) is 30.6 Å². The number of carbonyl (C=O) groups is 1. The molecule has 0 aromatic carbocycles. The Morgan fingerprint density at radius 3 is 3.10 bits per heavy atom. The number of alkyl carbamates (subject to hydrolysis) is 1. The maximum Gasteiger partial charge on any atom is 0.407 e. The lowest BCUT2D eigenvalue weighted by molar-refractivity contribution is 0.152. The second-order valence-electron chi connectivity index (χ2n) is 4.45. The van der Waals surface area contributed by atoms with Crippen LogP contribution in [0.2, 0.25) is 0 Å². The molecule has 6 nitrogen and oxygen atoms in total. The first-order valence-electron chi connectivity index (χ1n) is 7.06. The lowest BCUT2D eigenvalue weighted by Crippen LogP contribution is -2.25. The molecule has 0 fully saturated rings. The monoisotopic (exact) mass is 309 g/mol. The van der Waals surface area contributed by atoms with Gasteiger partial charge in [-0.3, -0.25) is 0 Å². The second kappa shape index (κ2) is 8.41. The van der Waals surface area contributed by atoms with E-state index in [1.165, 1.54) is 0 Å². The van der Waals surface area contributed by atoms with Crippen LogP contribution in [-0.2, 0) is 11.2 Å². The molecule has 21 heavy (non-hydrogen) atoms. The highest BCUT2D eigenvalue weighted by Gasteiger charge is 2.08. The molecule has 0 saturated heterocycles. The van der Waals surface area contributed by atoms with Crippen molar-refractivity contribution >= 4 is 17.4 Å². The average Bonchev–Trinajstić information content (AvgIpc) is 3.13. The zero-order valence-electron chi connectivity index (χ0n) is 12.0. The highest BCUT2D eigenvalue weighted by molar-refractivity contribution is 7.13. The van der Waals surface area contributed by atoms with Gasteiger partial charge in [-0.05, 0) is 31.2 Å². The SMILES string of the molecule is CCOC(=O)NCCCCCc1nc(-c2cccs2)no1. The molecule has 2 aromatic heterocycles. The van der Waals surface area contributed by atoms with Crippen LogP contribution >= 0.6 is 11.3 Å². The van der Waals surface area contributed by atoms with Crippen molar-refractivity contribution in [1.29, 1.82) is 0 Å². The Morgan fingerprint density at radius 1 is 1.43 bits per heavy atom. The summed E-state index contributed by atoms with van der Waals surface area (Å²) in [6.07, 6.45) is 3.26. The number of ether oxygens (including phenoxy) is 1. The molecule has 114 valence electrons. The lowest BCUT2D eigenvalue weighted by Gasteiger charge is -2.04. The van der Waals surface area contributed by atoms with Crippen LogP contribution in [0.4, 0.5) is 4.79 Å². The summed E-state index contributed by atoms with van der Waals surface area (Å²) in [5.74, 6) is 1.32. The van der Waals surface area contributed by atoms with Crippen molar-refractivity contribution in [3.05, 3.63) is 23.4 Å². The summed E-state index contributed by atoms with van der Waals surface area (Å²) >= 11 is 1.59. The highest BCUT2D eigenvalue weighted by Crippen LogP contribution is 2.21. The van der Waals surface area contributed by atoms with Crippen LogP contribution in [0.3, 0.4) is 0 Å². The number of thiophene rings is 1. The fourth-order valence-corrected chi connectivity index (χ4v) is 2.46. The van der Waals surface area contributed by atoms with E-state index in [0.29, 0.717) is 24.9 Å². The van der Waals surface area contributed by atoms with Gasteiger partial charge in [0.1, 0.15) is 0 Å². The van der Waals surface area contributed by atoms with Gasteiger partial charge in [0.15, 0.2) is 0 Å². The number of aryl methyl sites for hydroxylation is 1. The van der Waals surface area contributed by atoms with Gasteiger partial charge in [0.25, 0.3) is 0 Å². The van der Waals surface area contributed by atoms with Crippen LogP contribution in [0, 0.1) is 0 Å². The number of amides is 1. The van der Waals surface area contributed by atoms with Gasteiger partial charge in [-0.1, -0.05) is 17.6 Å². The summed E-state index contributed by atoms with van der Waals surface area (Å²) < 4.78 is 9.99. The molecule has 0 bridgehead atoms. The molecule has 2 heterocycles. The zero-order chi connectivity index (χ0) is 14.9. The Morgan fingerprint density at radius 2 is 2.33 bits per heavy atom. The zero-order valence-corrected chi connectivity index (χ0v) is 12.8. The third-order valence-corrected chi connectivity index (χ3v) is 3.69. The number of aromatic nitrogens is 2. The minimum atomic E-state index is -0.352. The average molecular weight is 309 g/mol. The topological polar surface area (TPSA) is 77.2 Å². The Labute approximate surface area is 127 Å². The quantitative estimate of drug-likeness (QED) is 0.757. The van der Waals surface area contributed by atoms with Crippen LogP contribution in [0.15, 0.2) is 22.0 Å². The van der Waals surface area contributed by atoms with Crippen LogP contribution in [-0.4, -0.2) is 29.4 Å². The maximum atomic E-state index is 11.0. The van der Waals surface area contributed by atoms with E-state index in [1.54, 1.807) is 18.3 Å². The first kappa shape index (κ1) is 15.5. The van der Waals surface area contributed by atoms with Gasteiger partial charge in [0.05, 0.1) is 11.5 Å². The molecule has 2 rings (SSSR count). The number of hydrogen-bond acceptors (Lipinski definition) is 6. The van der Waals surface area contributed by atoms with Gasteiger partial charge < -0.3 is 14.6 Å². The molecule has 0 aliphatic heterocycles. The van der Waals surface area contributed by atoms with E-state index in [9.17, 15) is 4.79 Å². The minimum absolute atomic E-state index is 0.352. The Bertz CT molecular complexity index is 539. The van der Waals surface area contributed by atoms with Gasteiger partial charge in [-0.25, -0.2) is 4.79 Å². The Hall–Kier alpha value is -1.89. The smallest absolute Gasteiger partial charge is 0.407 e. The van der Waals surface area contributed by atoms with Crippen molar-refractivity contribution < 1.29 is 14.1 Å². The molecule has 0 spiro atoms. The van der Waals surface area contributed by atoms with E-state index in [4.69, 9.17) is 9.26 Å². The summed E-state index contributed by atoms with van der Waals surface area (Å²) in [5, 5.41) is 8.65. The van der Waals surface area contributed by atoms with Crippen LogP contribution in [0.25, 0.3) is 10.7 Å². The van der Waals surface area contributed by atoms with E-state index in [-0.39, 0.29) is 6.09 Å². The van der Waals surface area contributed by atoms with Gasteiger partial charge in [0, 0.05) is 13.0 Å². The van der Waals surface area contributed by atoms with Crippen molar-refractivity contribution in [2.45, 2.75) is 32.6 Å². The molecular weight excluding hydrogens is 290 g/mol. The van der Waals surface area contributed by atoms with Crippen molar-refractivity contribution in [2.75, 3.05) is 13.2 Å². The van der Waals surface area contributed by atoms with Crippen LogP contribution < -0.4 is 5.32 Å². The van der Waals surface area contributed by atoms with E-state index in [1.807, 2.05) is 17.5 Å². The first-order valence-corrected chi connectivity index (χ1v) is 7.94. The number of nitrogens with one attached hydrogen (secondary N) is 1. The molecule has 1 amide bonds. The molecule has 0 atom stereocenters. The summed E-state index contributed by atoms with van der Waals surface area (Å²) in [5.41, 5.74) is 0. The van der Waals surface area contributed by atoms with E-state index >= 15 is 0 Å². The maximum absolute atomic E-state index is 11.0. The third kappa shape index (κ3) is 5.18. The third-order valence-electron chi connectivity index (χ3n) is 2.82. The fraction of sp³-hybridized carbons (Fsp3) is 0.500. The van der Waals surface area contributed by atoms with Crippen LogP contribution in [0.5, 0.6) is 0 Å². The minimum Gasteiger partial charge on any atom is -0.450 e. The van der Waals surface area contributed by atoms with Crippen molar-refractivity contribution in [2.24, 2.45) is 0 Å². The molecular formula is C14H19N3O3S. The predicted molar refractivity (Wildman–Crippen MR) is 80.2 cm³/mol. The Balaban J connectivity index is 1.60. The first-order chi connectivity index (χ1) is 10.3. The number of carbonyl (C=O) groups excluding carboxylic acids is 1. The standard InChI is InChI=1S/C14H19N3O3S/c1-2-19-14(18)15-9-5-3-4-8-12-16-13(17-20-12)11-7-6-10-21-11/h6-7,10H,2-5,8-9H2,1H3,(H,15,18). The molecule has 0 unspecified atom stereocenters. The summed E-state index contributed by atoms with van der Waals surface area (Å²) in [6.45, 7) is 2.81. The number of nitrogens with zero attached hydrogens (tertiary/aromatic N) is 2. The second-order valence-corrected chi connectivity index (χ2v) is 5.39. The van der Waals surface area contributed by atoms with Crippen LogP contribution in [0.1, 0.15) is 32.1 Å². The number of rotatable bonds is 8. The lowest BCUT2D eigenvalue weighted by atomic mass is 10.2. The Kier molecular flexibility index (Phi) is 6.21. The fourth-order valence-electron chi connectivity index (χ4n) is 1.81. The number of hydrogen-bond donors (Lipinski definition) is 1. The molecule has 0 aliphatic rings. The van der Waals surface area contributed by atoms with Gasteiger partial charge >= 0.3 is 6.09 Å². The number of unbranched alkanes of at least 4 members (excludes halogenated alkanes) is 2.